The SMILES string of the molecule is CCc1cc(-c2ccn3c(C(C)N4CCN(CC(F)(F)F)C(Cc5c(OC)cc(C)[nH]c5=O)C4)c(C)c(C(N)=O)cc23)ccn1. The molecular weight excluding hydrogens is 585 g/mol. The number of aromatic nitrogens is 3. The van der Waals surface area contributed by atoms with Gasteiger partial charge in [-0.25, -0.2) is 0 Å². The third-order valence-electron chi connectivity index (χ3n) is 8.86. The Hall–Kier alpha value is -4.16. The van der Waals surface area contributed by atoms with Crippen LogP contribution in [0.5, 0.6) is 5.75 Å². The molecule has 9 nitrogen and oxygen atoms in total. The number of hydrogen-bond donors (Lipinski definition) is 2. The van der Waals surface area contributed by atoms with E-state index in [9.17, 15) is 22.8 Å². The first-order valence-corrected chi connectivity index (χ1v) is 15.0. The van der Waals surface area contributed by atoms with Gasteiger partial charge in [0.15, 0.2) is 0 Å². The number of ether oxygens (including phenoxy) is 1. The van der Waals surface area contributed by atoms with Crippen LogP contribution in [0.3, 0.4) is 0 Å². The highest BCUT2D eigenvalue weighted by Crippen LogP contribution is 2.35. The summed E-state index contributed by atoms with van der Waals surface area (Å²) in [6.07, 6.45) is 0.159. The van der Waals surface area contributed by atoms with Gasteiger partial charge in [0.1, 0.15) is 5.75 Å². The molecule has 1 saturated heterocycles. The van der Waals surface area contributed by atoms with E-state index in [4.69, 9.17) is 10.5 Å². The van der Waals surface area contributed by atoms with E-state index in [1.165, 1.54) is 12.0 Å². The molecule has 2 atom stereocenters. The van der Waals surface area contributed by atoms with Crippen LogP contribution in [0.4, 0.5) is 13.2 Å². The van der Waals surface area contributed by atoms with E-state index in [2.05, 4.69) is 14.9 Å². The van der Waals surface area contributed by atoms with Gasteiger partial charge < -0.3 is 19.9 Å². The van der Waals surface area contributed by atoms with Crippen molar-refractivity contribution in [3.63, 3.8) is 0 Å². The van der Waals surface area contributed by atoms with Gasteiger partial charge in [0.2, 0.25) is 5.91 Å². The molecule has 0 radical (unpaired) electrons. The number of nitrogens with one attached hydrogen (secondary N) is 1. The van der Waals surface area contributed by atoms with Gasteiger partial charge in [-0.1, -0.05) is 6.92 Å². The van der Waals surface area contributed by atoms with Gasteiger partial charge in [0.25, 0.3) is 5.56 Å². The van der Waals surface area contributed by atoms with Gasteiger partial charge in [0, 0.05) is 72.3 Å². The van der Waals surface area contributed by atoms with Crippen molar-refractivity contribution >= 4 is 11.4 Å². The lowest BCUT2D eigenvalue weighted by Gasteiger charge is -2.44. The molecule has 4 aromatic rings. The zero-order chi connectivity index (χ0) is 32.6. The standard InChI is InChI=1S/C33H39F3N6O3/c1-6-23-14-22(7-9-38-23)25-8-10-42-28(25)16-26(31(37)43)20(3)30(42)21(4)40-11-12-41(18-33(34,35)36)24(17-40)15-27-29(45-5)13-19(2)39-32(27)44/h7-10,13-14,16,21,24H,6,11-12,15,17-18H2,1-5H3,(H2,37,43)(H,39,44). The highest BCUT2D eigenvalue weighted by molar-refractivity contribution is 5.97. The summed E-state index contributed by atoms with van der Waals surface area (Å²) in [7, 11) is 1.44. The van der Waals surface area contributed by atoms with Crippen molar-refractivity contribution < 1.29 is 22.7 Å². The van der Waals surface area contributed by atoms with Gasteiger partial charge in [-0.3, -0.25) is 24.4 Å². The fourth-order valence-electron chi connectivity index (χ4n) is 6.59. The minimum absolute atomic E-state index is 0.0727. The maximum absolute atomic E-state index is 13.7. The first kappa shape index (κ1) is 32.2. The monoisotopic (exact) mass is 624 g/mol. The second-order valence-electron chi connectivity index (χ2n) is 11.7. The van der Waals surface area contributed by atoms with Crippen LogP contribution >= 0.6 is 0 Å². The number of nitrogens with zero attached hydrogens (tertiary/aromatic N) is 4. The van der Waals surface area contributed by atoms with E-state index in [0.29, 0.717) is 34.7 Å². The van der Waals surface area contributed by atoms with Crippen LogP contribution in [-0.2, 0) is 12.8 Å². The van der Waals surface area contributed by atoms with Crippen molar-refractivity contribution in [3.05, 3.63) is 86.9 Å². The molecule has 2 unspecified atom stereocenters. The normalized spacial score (nSPS) is 17.1. The van der Waals surface area contributed by atoms with Crippen LogP contribution in [0, 0.1) is 13.8 Å². The molecule has 4 aromatic heterocycles. The quantitative estimate of drug-likeness (QED) is 0.276. The number of primary amides is 1. The molecule has 0 aliphatic carbocycles. The van der Waals surface area contributed by atoms with Gasteiger partial charge >= 0.3 is 6.18 Å². The molecule has 1 fully saturated rings. The highest BCUT2D eigenvalue weighted by atomic mass is 19.4. The molecule has 45 heavy (non-hydrogen) atoms. The molecule has 5 heterocycles. The van der Waals surface area contributed by atoms with E-state index < -0.39 is 24.7 Å². The molecule has 0 aromatic carbocycles. The van der Waals surface area contributed by atoms with E-state index in [1.54, 1.807) is 25.3 Å². The summed E-state index contributed by atoms with van der Waals surface area (Å²) in [5.41, 5.74) is 11.9. The number of amides is 1. The Morgan fingerprint density at radius 3 is 2.62 bits per heavy atom. The zero-order valence-electron chi connectivity index (χ0n) is 26.2. The Bertz CT molecular complexity index is 1780. The summed E-state index contributed by atoms with van der Waals surface area (Å²) in [5.74, 6) is -0.208. The van der Waals surface area contributed by atoms with Gasteiger partial charge in [-0.15, -0.1) is 0 Å². The summed E-state index contributed by atoms with van der Waals surface area (Å²) >= 11 is 0. The van der Waals surface area contributed by atoms with Crippen molar-refractivity contribution in [2.75, 3.05) is 33.3 Å². The van der Waals surface area contributed by atoms with Gasteiger partial charge in [-0.05, 0) is 75.1 Å². The first-order chi connectivity index (χ1) is 21.3. The third kappa shape index (κ3) is 6.62. The van der Waals surface area contributed by atoms with E-state index in [1.807, 2.05) is 49.6 Å². The number of nitrogens with two attached hydrogens (primary N) is 1. The molecule has 0 spiro atoms. The molecule has 3 N–H and O–H groups in total. The largest absolute Gasteiger partial charge is 0.496 e. The average molecular weight is 625 g/mol. The van der Waals surface area contributed by atoms with Crippen LogP contribution in [0.15, 0.2) is 47.5 Å². The highest BCUT2D eigenvalue weighted by Gasteiger charge is 2.39. The number of rotatable bonds is 9. The number of pyridine rings is 3. The Morgan fingerprint density at radius 2 is 1.96 bits per heavy atom. The predicted octanol–water partition coefficient (Wildman–Crippen LogP) is 4.83. The van der Waals surface area contributed by atoms with E-state index in [0.717, 1.165) is 34.5 Å². The van der Waals surface area contributed by atoms with Crippen molar-refractivity contribution in [2.45, 2.75) is 58.8 Å². The number of carbonyl (C=O) groups is 1. The number of carbonyl (C=O) groups excluding carboxylic acids is 1. The summed E-state index contributed by atoms with van der Waals surface area (Å²) in [6, 6.07) is 8.49. The number of methoxy groups -OCH3 is 1. The summed E-state index contributed by atoms with van der Waals surface area (Å²) in [4.78, 5) is 36.3. The number of piperazine rings is 1. The number of H-pyrrole nitrogens is 1. The topological polar surface area (TPSA) is 109 Å². The molecule has 5 rings (SSSR count). The van der Waals surface area contributed by atoms with Gasteiger partial charge in [-0.2, -0.15) is 13.2 Å². The second-order valence-corrected chi connectivity index (χ2v) is 11.7. The summed E-state index contributed by atoms with van der Waals surface area (Å²) < 4.78 is 48.6. The Kier molecular flexibility index (Phi) is 9.09. The lowest BCUT2D eigenvalue weighted by molar-refractivity contribution is -0.156. The lowest BCUT2D eigenvalue weighted by Crippen LogP contribution is -2.57. The zero-order valence-corrected chi connectivity index (χ0v) is 26.2. The number of alkyl halides is 3. The fraction of sp³-hybridized carbons (Fsp3) is 0.424. The van der Waals surface area contributed by atoms with Crippen LogP contribution in [-0.4, -0.2) is 75.6 Å². The number of halogens is 3. The maximum Gasteiger partial charge on any atom is 0.401 e. The van der Waals surface area contributed by atoms with Crippen LogP contribution < -0.4 is 16.0 Å². The third-order valence-corrected chi connectivity index (χ3v) is 8.86. The Balaban J connectivity index is 1.56. The smallest absolute Gasteiger partial charge is 0.401 e. The van der Waals surface area contributed by atoms with Crippen molar-refractivity contribution in [3.8, 4) is 16.9 Å². The van der Waals surface area contributed by atoms with Crippen LogP contribution in [0.25, 0.3) is 16.6 Å². The predicted molar refractivity (Wildman–Crippen MR) is 167 cm³/mol. The molecule has 1 aliphatic heterocycles. The fourth-order valence-corrected chi connectivity index (χ4v) is 6.59. The lowest BCUT2D eigenvalue weighted by atomic mass is 9.97. The molecule has 240 valence electrons. The number of aryl methyl sites for hydroxylation is 2. The van der Waals surface area contributed by atoms with Crippen molar-refractivity contribution in [1.29, 1.82) is 0 Å². The summed E-state index contributed by atoms with van der Waals surface area (Å²) in [6.45, 7) is 7.27. The number of aromatic amines is 1. The Morgan fingerprint density at radius 1 is 1.20 bits per heavy atom. The Labute approximate surface area is 259 Å². The molecule has 0 saturated carbocycles. The maximum atomic E-state index is 13.7. The minimum atomic E-state index is -4.40. The molecule has 1 amide bonds. The molecule has 1 aliphatic rings. The number of hydrogen-bond acceptors (Lipinski definition) is 6. The molecule has 0 bridgehead atoms. The number of fused-ring (bicyclic) bond motifs is 1. The van der Waals surface area contributed by atoms with Gasteiger partial charge in [0.05, 0.1) is 24.7 Å². The van der Waals surface area contributed by atoms with Crippen molar-refractivity contribution in [1.82, 2.24) is 24.2 Å². The second kappa shape index (κ2) is 12.7. The molecular formula is C33H39F3N6O3. The van der Waals surface area contributed by atoms with Crippen molar-refractivity contribution in [2.24, 2.45) is 5.73 Å². The summed E-state index contributed by atoms with van der Waals surface area (Å²) in [5, 5.41) is 0. The van der Waals surface area contributed by atoms with Crippen LogP contribution in [0.2, 0.25) is 0 Å². The molecule has 12 heteroatoms. The van der Waals surface area contributed by atoms with E-state index >= 15 is 0 Å². The van der Waals surface area contributed by atoms with Crippen LogP contribution in [0.1, 0.15) is 58.5 Å². The average Bonchev–Trinajstić information content (AvgIpc) is 3.41. The first-order valence-electron chi connectivity index (χ1n) is 15.0. The van der Waals surface area contributed by atoms with E-state index in [-0.39, 0.29) is 31.1 Å². The minimum Gasteiger partial charge on any atom is -0.496 e.